The van der Waals surface area contributed by atoms with Gasteiger partial charge in [0.1, 0.15) is 5.57 Å². The van der Waals surface area contributed by atoms with E-state index in [1.807, 2.05) is 0 Å². The number of amides is 1. The third-order valence-corrected chi connectivity index (χ3v) is 4.14. The number of nitro groups is 1. The second kappa shape index (κ2) is 7.28. The SMILES string of the molecule is CCOC(=O)C1=C(O)C(=O)N(c2cccc([N+](=O)[O-])c2)C1c1ccccc1. The first-order valence-corrected chi connectivity index (χ1v) is 8.19. The van der Waals surface area contributed by atoms with Crippen molar-refractivity contribution in [2.45, 2.75) is 13.0 Å². The van der Waals surface area contributed by atoms with E-state index in [1.165, 1.54) is 24.3 Å². The van der Waals surface area contributed by atoms with Crippen molar-refractivity contribution in [2.24, 2.45) is 0 Å². The predicted molar refractivity (Wildman–Crippen MR) is 96.1 cm³/mol. The molecule has 27 heavy (non-hydrogen) atoms. The minimum absolute atomic E-state index is 0.0715. The molecule has 0 aliphatic carbocycles. The quantitative estimate of drug-likeness (QED) is 0.493. The first-order valence-electron chi connectivity index (χ1n) is 8.19. The summed E-state index contributed by atoms with van der Waals surface area (Å²) in [4.78, 5) is 36.8. The van der Waals surface area contributed by atoms with Crippen LogP contribution < -0.4 is 4.90 Å². The average molecular weight is 368 g/mol. The molecule has 0 fully saturated rings. The van der Waals surface area contributed by atoms with E-state index in [-0.39, 0.29) is 23.6 Å². The van der Waals surface area contributed by atoms with Crippen LogP contribution in [0.3, 0.4) is 0 Å². The number of aliphatic hydroxyl groups is 1. The topological polar surface area (TPSA) is 110 Å². The Morgan fingerprint density at radius 1 is 1.22 bits per heavy atom. The standard InChI is InChI=1S/C19H16N2O6/c1-2-27-19(24)15-16(12-7-4-3-5-8-12)20(18(23)17(15)22)13-9-6-10-14(11-13)21(25)26/h3-11,16,22H,2H2,1H3. The van der Waals surface area contributed by atoms with Gasteiger partial charge in [-0.15, -0.1) is 0 Å². The maximum atomic E-state index is 12.7. The van der Waals surface area contributed by atoms with Gasteiger partial charge in [-0.25, -0.2) is 4.79 Å². The fourth-order valence-electron chi connectivity index (χ4n) is 3.00. The number of hydrogen-bond acceptors (Lipinski definition) is 6. The minimum atomic E-state index is -0.959. The van der Waals surface area contributed by atoms with Gasteiger partial charge in [0.15, 0.2) is 5.76 Å². The highest BCUT2D eigenvalue weighted by molar-refractivity contribution is 6.15. The summed E-state index contributed by atoms with van der Waals surface area (Å²) in [6.07, 6.45) is 0. The van der Waals surface area contributed by atoms with E-state index in [2.05, 4.69) is 0 Å². The Morgan fingerprint density at radius 2 is 1.93 bits per heavy atom. The number of ether oxygens (including phenoxy) is 1. The number of benzene rings is 2. The first-order chi connectivity index (χ1) is 13.0. The van der Waals surface area contributed by atoms with Crippen LogP contribution in [0.2, 0.25) is 0 Å². The van der Waals surface area contributed by atoms with Gasteiger partial charge in [-0.2, -0.15) is 0 Å². The third kappa shape index (κ3) is 3.24. The summed E-state index contributed by atoms with van der Waals surface area (Å²) in [5.41, 5.74) is 0.342. The number of aliphatic hydroxyl groups excluding tert-OH is 1. The van der Waals surface area contributed by atoms with Crippen LogP contribution in [-0.4, -0.2) is 28.5 Å². The summed E-state index contributed by atoms with van der Waals surface area (Å²) in [6, 6.07) is 13.1. The molecule has 3 rings (SSSR count). The molecular formula is C19H16N2O6. The Bertz CT molecular complexity index is 938. The second-order valence-corrected chi connectivity index (χ2v) is 5.75. The molecule has 0 radical (unpaired) electrons. The van der Waals surface area contributed by atoms with Crippen LogP contribution in [0.4, 0.5) is 11.4 Å². The van der Waals surface area contributed by atoms with E-state index < -0.39 is 28.6 Å². The molecule has 2 aromatic rings. The van der Waals surface area contributed by atoms with E-state index in [0.717, 1.165) is 4.90 Å². The highest BCUT2D eigenvalue weighted by atomic mass is 16.6. The lowest BCUT2D eigenvalue weighted by Crippen LogP contribution is -2.31. The van der Waals surface area contributed by atoms with Gasteiger partial charge in [0.2, 0.25) is 0 Å². The van der Waals surface area contributed by atoms with Gasteiger partial charge in [0.05, 0.1) is 23.3 Å². The molecule has 8 nitrogen and oxygen atoms in total. The Kier molecular flexibility index (Phi) is 4.89. The summed E-state index contributed by atoms with van der Waals surface area (Å²) in [7, 11) is 0. The van der Waals surface area contributed by atoms with Gasteiger partial charge in [-0.3, -0.25) is 19.8 Å². The molecule has 1 aliphatic heterocycles. The number of carbonyl (C=O) groups is 2. The lowest BCUT2D eigenvalue weighted by atomic mass is 9.99. The molecule has 0 saturated heterocycles. The molecule has 1 amide bonds. The van der Waals surface area contributed by atoms with Gasteiger partial charge in [-0.1, -0.05) is 36.4 Å². The summed E-state index contributed by atoms with van der Waals surface area (Å²) in [5, 5.41) is 21.4. The highest BCUT2D eigenvalue weighted by Gasteiger charge is 2.45. The monoisotopic (exact) mass is 368 g/mol. The fraction of sp³-hybridized carbons (Fsp3) is 0.158. The zero-order valence-electron chi connectivity index (χ0n) is 14.4. The number of anilines is 1. The third-order valence-electron chi connectivity index (χ3n) is 4.14. The number of non-ortho nitro benzene ring substituents is 1. The van der Waals surface area contributed by atoms with Gasteiger partial charge < -0.3 is 9.84 Å². The molecule has 1 atom stereocenters. The molecular weight excluding hydrogens is 352 g/mol. The van der Waals surface area contributed by atoms with E-state index in [4.69, 9.17) is 4.74 Å². The lowest BCUT2D eigenvalue weighted by Gasteiger charge is -2.26. The molecule has 1 N–H and O–H groups in total. The molecule has 138 valence electrons. The Labute approximate surface area is 154 Å². The number of hydrogen-bond donors (Lipinski definition) is 1. The number of carbonyl (C=O) groups excluding carboxylic acids is 2. The Morgan fingerprint density at radius 3 is 2.56 bits per heavy atom. The van der Waals surface area contributed by atoms with Crippen LogP contribution in [0.5, 0.6) is 0 Å². The van der Waals surface area contributed by atoms with Crippen LogP contribution in [0, 0.1) is 10.1 Å². The summed E-state index contributed by atoms with van der Waals surface area (Å²) in [6.45, 7) is 1.68. The van der Waals surface area contributed by atoms with Crippen molar-refractivity contribution < 1.29 is 24.4 Å². The summed E-state index contributed by atoms with van der Waals surface area (Å²) in [5.74, 6) is -2.37. The van der Waals surface area contributed by atoms with E-state index in [1.54, 1.807) is 37.3 Å². The van der Waals surface area contributed by atoms with Crippen LogP contribution in [0.15, 0.2) is 65.9 Å². The number of nitrogens with zero attached hydrogens (tertiary/aromatic N) is 2. The van der Waals surface area contributed by atoms with Gasteiger partial charge >= 0.3 is 5.97 Å². The maximum Gasteiger partial charge on any atom is 0.340 e. The molecule has 0 bridgehead atoms. The zero-order chi connectivity index (χ0) is 19.6. The van der Waals surface area contributed by atoms with Crippen molar-refractivity contribution in [3.63, 3.8) is 0 Å². The normalized spacial score (nSPS) is 16.6. The fourth-order valence-corrected chi connectivity index (χ4v) is 3.00. The molecule has 1 aliphatic rings. The van der Waals surface area contributed by atoms with Crippen molar-refractivity contribution in [1.29, 1.82) is 0 Å². The number of esters is 1. The van der Waals surface area contributed by atoms with E-state index in [0.29, 0.717) is 5.56 Å². The molecule has 0 aromatic heterocycles. The number of nitro benzene ring substituents is 1. The Hall–Kier alpha value is -3.68. The van der Waals surface area contributed by atoms with Gasteiger partial charge in [-0.05, 0) is 18.6 Å². The van der Waals surface area contributed by atoms with Crippen molar-refractivity contribution >= 4 is 23.3 Å². The van der Waals surface area contributed by atoms with Crippen LogP contribution in [-0.2, 0) is 14.3 Å². The van der Waals surface area contributed by atoms with Crippen molar-refractivity contribution in [3.05, 3.63) is 81.6 Å². The summed E-state index contributed by atoms with van der Waals surface area (Å²) < 4.78 is 5.00. The average Bonchev–Trinajstić information content (AvgIpc) is 2.94. The highest BCUT2D eigenvalue weighted by Crippen LogP contribution is 2.41. The van der Waals surface area contributed by atoms with Gasteiger partial charge in [0.25, 0.3) is 11.6 Å². The molecule has 8 heteroatoms. The van der Waals surface area contributed by atoms with Crippen LogP contribution in [0.25, 0.3) is 0 Å². The summed E-state index contributed by atoms with van der Waals surface area (Å²) >= 11 is 0. The second-order valence-electron chi connectivity index (χ2n) is 5.75. The van der Waals surface area contributed by atoms with Crippen molar-refractivity contribution in [1.82, 2.24) is 0 Å². The van der Waals surface area contributed by atoms with Crippen molar-refractivity contribution in [2.75, 3.05) is 11.5 Å². The molecule has 2 aromatic carbocycles. The minimum Gasteiger partial charge on any atom is -0.503 e. The molecule has 0 spiro atoms. The van der Waals surface area contributed by atoms with Crippen LogP contribution in [0.1, 0.15) is 18.5 Å². The lowest BCUT2D eigenvalue weighted by molar-refractivity contribution is -0.384. The van der Waals surface area contributed by atoms with Gasteiger partial charge in [0, 0.05) is 12.1 Å². The molecule has 1 unspecified atom stereocenters. The van der Waals surface area contributed by atoms with E-state index in [9.17, 15) is 24.8 Å². The predicted octanol–water partition coefficient (Wildman–Crippen LogP) is 3.06. The smallest absolute Gasteiger partial charge is 0.340 e. The zero-order valence-corrected chi connectivity index (χ0v) is 14.4. The Balaban J connectivity index is 2.16. The maximum absolute atomic E-state index is 12.7. The van der Waals surface area contributed by atoms with E-state index >= 15 is 0 Å². The van der Waals surface area contributed by atoms with Crippen LogP contribution >= 0.6 is 0 Å². The molecule has 0 saturated carbocycles. The number of rotatable bonds is 5. The first kappa shape index (κ1) is 18.1. The van der Waals surface area contributed by atoms with Crippen molar-refractivity contribution in [3.8, 4) is 0 Å². The largest absolute Gasteiger partial charge is 0.503 e. The molecule has 1 heterocycles.